The fraction of sp³-hybridized carbons (Fsp3) is 0.438. The summed E-state index contributed by atoms with van der Waals surface area (Å²) >= 11 is 0. The van der Waals surface area contributed by atoms with Crippen LogP contribution in [0.1, 0.15) is 25.7 Å². The van der Waals surface area contributed by atoms with Crippen molar-refractivity contribution in [3.63, 3.8) is 0 Å². The second-order valence-corrected chi connectivity index (χ2v) is 5.61. The lowest BCUT2D eigenvalue weighted by Crippen LogP contribution is -2.31. The molecule has 5 heteroatoms. The van der Waals surface area contributed by atoms with Crippen molar-refractivity contribution in [2.75, 3.05) is 11.9 Å². The maximum Gasteiger partial charge on any atom is 0.306 e. The third-order valence-corrected chi connectivity index (χ3v) is 4.22. The first-order valence-electron chi connectivity index (χ1n) is 7.42. The Labute approximate surface area is 123 Å². The van der Waals surface area contributed by atoms with Crippen molar-refractivity contribution >= 4 is 22.8 Å². The molecule has 1 fully saturated rings. The van der Waals surface area contributed by atoms with Crippen LogP contribution in [0, 0.1) is 11.8 Å². The van der Waals surface area contributed by atoms with Crippen LogP contribution in [0.4, 0.5) is 5.82 Å². The molecule has 0 unspecified atom stereocenters. The molecule has 1 aliphatic carbocycles. The van der Waals surface area contributed by atoms with Crippen molar-refractivity contribution in [2.24, 2.45) is 11.8 Å². The minimum absolute atomic E-state index is 0.171. The highest BCUT2D eigenvalue weighted by atomic mass is 16.4. The number of nitrogens with zero attached hydrogens (tertiary/aromatic N) is 2. The Morgan fingerprint density at radius 2 is 2.00 bits per heavy atom. The lowest BCUT2D eigenvalue weighted by Gasteiger charge is -2.28. The number of hydrogen-bond acceptors (Lipinski definition) is 4. The van der Waals surface area contributed by atoms with Crippen LogP contribution in [0.15, 0.2) is 30.5 Å². The molecule has 0 bridgehead atoms. The van der Waals surface area contributed by atoms with Crippen molar-refractivity contribution < 1.29 is 9.90 Å². The van der Waals surface area contributed by atoms with Gasteiger partial charge < -0.3 is 10.4 Å². The zero-order chi connectivity index (χ0) is 14.7. The summed E-state index contributed by atoms with van der Waals surface area (Å²) in [5.74, 6) is -0.0290. The number of aliphatic carboxylic acids is 1. The van der Waals surface area contributed by atoms with Crippen LogP contribution in [0.3, 0.4) is 0 Å². The first-order chi connectivity index (χ1) is 10.2. The molecule has 2 aromatic rings. The average molecular weight is 285 g/mol. The van der Waals surface area contributed by atoms with Gasteiger partial charge in [-0.2, -0.15) is 0 Å². The molecule has 3 rings (SSSR count). The fourth-order valence-electron chi connectivity index (χ4n) is 3.06. The van der Waals surface area contributed by atoms with E-state index >= 15 is 0 Å². The molecular weight excluding hydrogens is 266 g/mol. The second kappa shape index (κ2) is 6.08. The number of anilines is 1. The fourth-order valence-corrected chi connectivity index (χ4v) is 3.06. The number of benzene rings is 1. The van der Waals surface area contributed by atoms with E-state index in [1.54, 1.807) is 6.20 Å². The quantitative estimate of drug-likeness (QED) is 0.903. The molecule has 0 saturated heterocycles. The predicted molar refractivity (Wildman–Crippen MR) is 81.1 cm³/mol. The lowest BCUT2D eigenvalue weighted by atomic mass is 9.79. The largest absolute Gasteiger partial charge is 0.481 e. The van der Waals surface area contributed by atoms with E-state index in [9.17, 15) is 9.90 Å². The van der Waals surface area contributed by atoms with Crippen molar-refractivity contribution in [3.05, 3.63) is 30.5 Å². The van der Waals surface area contributed by atoms with Crippen LogP contribution in [0.2, 0.25) is 0 Å². The van der Waals surface area contributed by atoms with Gasteiger partial charge in [-0.25, -0.2) is 4.98 Å². The molecular formula is C16H19N3O2. The van der Waals surface area contributed by atoms with Crippen molar-refractivity contribution in [1.82, 2.24) is 9.97 Å². The molecule has 2 N–H and O–H groups in total. The van der Waals surface area contributed by atoms with E-state index in [-0.39, 0.29) is 11.8 Å². The molecule has 21 heavy (non-hydrogen) atoms. The van der Waals surface area contributed by atoms with Crippen LogP contribution in [-0.4, -0.2) is 27.6 Å². The zero-order valence-electron chi connectivity index (χ0n) is 11.8. The predicted octanol–water partition coefficient (Wildman–Crippen LogP) is 2.93. The van der Waals surface area contributed by atoms with E-state index in [0.29, 0.717) is 12.4 Å². The van der Waals surface area contributed by atoms with Crippen molar-refractivity contribution in [1.29, 1.82) is 0 Å². The molecule has 0 radical (unpaired) electrons. The Kier molecular flexibility index (Phi) is 3.99. The SMILES string of the molecule is O=C(O)[C@H]1CCCC[C@H]1CNc1cnc2ccccc2n1. The molecule has 1 aromatic carbocycles. The van der Waals surface area contributed by atoms with Gasteiger partial charge in [0.1, 0.15) is 5.82 Å². The normalized spacial score (nSPS) is 22.1. The highest BCUT2D eigenvalue weighted by Crippen LogP contribution is 2.30. The number of carbonyl (C=O) groups is 1. The third kappa shape index (κ3) is 3.12. The molecule has 1 heterocycles. The van der Waals surface area contributed by atoms with Gasteiger partial charge in [-0.1, -0.05) is 25.0 Å². The number of carboxylic acid groups (broad SMARTS) is 1. The van der Waals surface area contributed by atoms with Gasteiger partial charge >= 0.3 is 5.97 Å². The summed E-state index contributed by atoms with van der Waals surface area (Å²) in [6.07, 6.45) is 5.58. The van der Waals surface area contributed by atoms with Crippen LogP contribution in [0.25, 0.3) is 11.0 Å². The number of rotatable bonds is 4. The Hall–Kier alpha value is -2.17. The highest BCUT2D eigenvalue weighted by molar-refractivity contribution is 5.75. The molecule has 110 valence electrons. The number of fused-ring (bicyclic) bond motifs is 1. The molecule has 0 amide bonds. The number of aromatic nitrogens is 2. The molecule has 5 nitrogen and oxygen atoms in total. The highest BCUT2D eigenvalue weighted by Gasteiger charge is 2.30. The Balaban J connectivity index is 1.69. The first kappa shape index (κ1) is 13.8. The number of para-hydroxylation sites is 2. The summed E-state index contributed by atoms with van der Waals surface area (Å²) in [6, 6.07) is 7.72. The third-order valence-electron chi connectivity index (χ3n) is 4.22. The number of carboxylic acids is 1. The minimum atomic E-state index is -0.675. The monoisotopic (exact) mass is 285 g/mol. The Morgan fingerprint density at radius 1 is 1.24 bits per heavy atom. The second-order valence-electron chi connectivity index (χ2n) is 5.61. The van der Waals surface area contributed by atoms with E-state index < -0.39 is 5.97 Å². The van der Waals surface area contributed by atoms with Crippen molar-refractivity contribution in [3.8, 4) is 0 Å². The van der Waals surface area contributed by atoms with Gasteiger partial charge in [-0.15, -0.1) is 0 Å². The summed E-state index contributed by atoms with van der Waals surface area (Å²) in [4.78, 5) is 20.2. The van der Waals surface area contributed by atoms with E-state index in [1.807, 2.05) is 24.3 Å². The molecule has 2 atom stereocenters. The smallest absolute Gasteiger partial charge is 0.306 e. The standard InChI is InChI=1S/C16H19N3O2/c20-16(21)12-6-2-1-5-11(12)9-18-15-10-17-13-7-3-4-8-14(13)19-15/h3-4,7-8,10-12H,1-2,5-6,9H2,(H,18,19)(H,20,21)/t11-,12-/m0/s1. The van der Waals surface area contributed by atoms with Gasteiger partial charge in [-0.3, -0.25) is 9.78 Å². The molecule has 0 spiro atoms. The Bertz CT molecular complexity index is 644. The summed E-state index contributed by atoms with van der Waals surface area (Å²) in [5, 5.41) is 12.5. The van der Waals surface area contributed by atoms with Gasteiger partial charge in [0.25, 0.3) is 0 Å². The van der Waals surface area contributed by atoms with Crippen molar-refractivity contribution in [2.45, 2.75) is 25.7 Å². The van der Waals surface area contributed by atoms with Gasteiger partial charge in [0, 0.05) is 6.54 Å². The topological polar surface area (TPSA) is 75.1 Å². The van der Waals surface area contributed by atoms with Crippen LogP contribution >= 0.6 is 0 Å². The molecule has 0 aliphatic heterocycles. The summed E-state index contributed by atoms with van der Waals surface area (Å²) in [7, 11) is 0. The summed E-state index contributed by atoms with van der Waals surface area (Å²) < 4.78 is 0. The van der Waals surface area contributed by atoms with Crippen LogP contribution < -0.4 is 5.32 Å². The van der Waals surface area contributed by atoms with E-state index in [2.05, 4.69) is 15.3 Å². The van der Waals surface area contributed by atoms with E-state index in [4.69, 9.17) is 0 Å². The number of nitrogens with one attached hydrogen (secondary N) is 1. The summed E-state index contributed by atoms with van der Waals surface area (Å²) in [6.45, 7) is 0.643. The molecule has 1 aromatic heterocycles. The lowest BCUT2D eigenvalue weighted by molar-refractivity contribution is -0.144. The van der Waals surface area contributed by atoms with Crippen LogP contribution in [0.5, 0.6) is 0 Å². The zero-order valence-corrected chi connectivity index (χ0v) is 11.8. The van der Waals surface area contributed by atoms with E-state index in [1.165, 1.54) is 0 Å². The molecule has 1 aliphatic rings. The number of hydrogen-bond donors (Lipinski definition) is 2. The van der Waals surface area contributed by atoms with Gasteiger partial charge in [0.2, 0.25) is 0 Å². The first-order valence-corrected chi connectivity index (χ1v) is 7.42. The summed E-state index contributed by atoms with van der Waals surface area (Å²) in [5.41, 5.74) is 1.71. The van der Waals surface area contributed by atoms with E-state index in [0.717, 1.165) is 36.7 Å². The molecule has 1 saturated carbocycles. The van der Waals surface area contributed by atoms with Gasteiger partial charge in [0.15, 0.2) is 0 Å². The van der Waals surface area contributed by atoms with Gasteiger partial charge in [0.05, 0.1) is 23.1 Å². The van der Waals surface area contributed by atoms with Crippen LogP contribution in [-0.2, 0) is 4.79 Å². The maximum absolute atomic E-state index is 11.3. The van der Waals surface area contributed by atoms with Gasteiger partial charge in [-0.05, 0) is 30.9 Å². The maximum atomic E-state index is 11.3. The minimum Gasteiger partial charge on any atom is -0.481 e. The Morgan fingerprint density at radius 3 is 2.81 bits per heavy atom. The average Bonchev–Trinajstić information content (AvgIpc) is 2.53.